The van der Waals surface area contributed by atoms with E-state index in [9.17, 15) is 9.50 Å². The number of benzene rings is 1. The average Bonchev–Trinajstić information content (AvgIpc) is 2.61. The van der Waals surface area contributed by atoms with Gasteiger partial charge >= 0.3 is 0 Å². The fourth-order valence-corrected chi connectivity index (χ4v) is 2.55. The summed E-state index contributed by atoms with van der Waals surface area (Å²) in [7, 11) is 0. The largest absolute Gasteiger partial charge is 0.394 e. The average molecular weight is 337 g/mol. The minimum Gasteiger partial charge on any atom is -0.394 e. The number of aliphatic hydroxyl groups is 1. The topological polar surface area (TPSA) is 96.7 Å². The quantitative estimate of drug-likeness (QED) is 0.341. The molecule has 0 aliphatic carbocycles. The molecule has 1 aliphatic rings. The van der Waals surface area contributed by atoms with Gasteiger partial charge in [-0.15, -0.1) is 6.58 Å². The maximum absolute atomic E-state index is 14.2. The first-order valence-electron chi connectivity index (χ1n) is 7.54. The molecule has 0 radical (unpaired) electrons. The van der Waals surface area contributed by atoms with Crippen LogP contribution in [0.2, 0.25) is 0 Å². The molecular weight excluding hydrogens is 317 g/mol. The third-order valence-corrected chi connectivity index (χ3v) is 3.66. The Morgan fingerprint density at radius 1 is 1.33 bits per heavy atom. The van der Waals surface area contributed by atoms with Crippen molar-refractivity contribution in [1.82, 2.24) is 0 Å². The number of azide groups is 1. The molecule has 1 fully saturated rings. The fourth-order valence-electron chi connectivity index (χ4n) is 2.55. The van der Waals surface area contributed by atoms with E-state index in [2.05, 4.69) is 16.6 Å². The van der Waals surface area contributed by atoms with Crippen molar-refractivity contribution in [3.63, 3.8) is 0 Å². The minimum absolute atomic E-state index is 0.162. The maximum Gasteiger partial charge on any atom is 0.210 e. The van der Waals surface area contributed by atoms with Gasteiger partial charge in [0.15, 0.2) is 0 Å². The first-order valence-corrected chi connectivity index (χ1v) is 7.54. The van der Waals surface area contributed by atoms with Crippen molar-refractivity contribution in [3.8, 4) is 0 Å². The molecule has 1 aliphatic heterocycles. The highest BCUT2D eigenvalue weighted by atomic mass is 19.1. The molecule has 0 spiro atoms. The highest BCUT2D eigenvalue weighted by molar-refractivity contribution is 5.13. The molecule has 24 heavy (non-hydrogen) atoms. The first-order chi connectivity index (χ1) is 11.7. The summed E-state index contributed by atoms with van der Waals surface area (Å²) in [5.74, 6) is 0. The van der Waals surface area contributed by atoms with E-state index in [1.165, 1.54) is 6.08 Å². The predicted octanol–water partition coefficient (Wildman–Crippen LogP) is 2.51. The van der Waals surface area contributed by atoms with E-state index in [-0.39, 0.29) is 13.2 Å². The number of nitrogens with zero attached hydrogens (tertiary/aromatic N) is 3. The van der Waals surface area contributed by atoms with Crippen LogP contribution < -0.4 is 0 Å². The molecule has 0 saturated carbocycles. The van der Waals surface area contributed by atoms with E-state index in [0.717, 1.165) is 5.56 Å². The Morgan fingerprint density at radius 2 is 2.08 bits per heavy atom. The second-order valence-corrected chi connectivity index (χ2v) is 5.25. The SMILES string of the molecule is C=CCO[C@H]1[C@H](OCc2ccccc2)[C@@H](N=[N+]=[N-])[C@H](F)O[C@@H]1CO. The molecule has 0 amide bonds. The van der Waals surface area contributed by atoms with Gasteiger partial charge in [-0.1, -0.05) is 41.5 Å². The van der Waals surface area contributed by atoms with Gasteiger partial charge < -0.3 is 19.3 Å². The number of aliphatic hydroxyl groups excluding tert-OH is 1. The number of hydrogen-bond donors (Lipinski definition) is 1. The zero-order valence-corrected chi connectivity index (χ0v) is 13.1. The summed E-state index contributed by atoms with van der Waals surface area (Å²) in [6.07, 6.45) is -2.98. The van der Waals surface area contributed by atoms with Crippen molar-refractivity contribution < 1.29 is 23.7 Å². The third kappa shape index (κ3) is 4.53. The Balaban J connectivity index is 2.20. The molecule has 5 atom stereocenters. The molecule has 1 aromatic rings. The lowest BCUT2D eigenvalue weighted by Gasteiger charge is -2.41. The van der Waals surface area contributed by atoms with Gasteiger partial charge in [-0.25, -0.2) is 4.39 Å². The molecule has 2 rings (SSSR count). The summed E-state index contributed by atoms with van der Waals surface area (Å²) in [6.45, 7) is 3.46. The van der Waals surface area contributed by atoms with Crippen LogP contribution in [0.5, 0.6) is 0 Å². The van der Waals surface area contributed by atoms with Crippen LogP contribution in [0.15, 0.2) is 48.1 Å². The maximum atomic E-state index is 14.2. The second kappa shape index (κ2) is 9.36. The Labute approximate surface area is 139 Å². The van der Waals surface area contributed by atoms with Crippen LogP contribution in [0.4, 0.5) is 4.39 Å². The molecule has 0 aromatic heterocycles. The molecular formula is C16H20FN3O4. The summed E-state index contributed by atoms with van der Waals surface area (Å²) in [6, 6.07) is 8.09. The molecule has 8 heteroatoms. The normalized spacial score (nSPS) is 29.7. The van der Waals surface area contributed by atoms with E-state index >= 15 is 0 Å². The minimum atomic E-state index is -1.89. The molecule has 130 valence electrons. The summed E-state index contributed by atoms with van der Waals surface area (Å²) in [5, 5.41) is 12.9. The standard InChI is InChI=1S/C16H20FN3O4/c1-2-8-22-14-12(9-21)24-16(17)13(19-20-18)15(14)23-10-11-6-4-3-5-7-11/h2-7,12-16,21H,1,8-10H2/t12-,13-,14-,15-,16-/m1/s1. The zero-order chi connectivity index (χ0) is 17.4. The summed E-state index contributed by atoms with van der Waals surface area (Å²) >= 11 is 0. The summed E-state index contributed by atoms with van der Waals surface area (Å²) < 4.78 is 30.6. The lowest BCUT2D eigenvalue weighted by molar-refractivity contribution is -0.245. The van der Waals surface area contributed by atoms with E-state index in [1.807, 2.05) is 30.3 Å². The Bertz CT molecular complexity index is 568. The van der Waals surface area contributed by atoms with Crippen molar-refractivity contribution in [2.45, 2.75) is 37.3 Å². The lowest BCUT2D eigenvalue weighted by Crippen LogP contribution is -2.58. The number of ether oxygens (including phenoxy) is 3. The Hall–Kier alpha value is -1.96. The van der Waals surface area contributed by atoms with Crippen LogP contribution in [0.3, 0.4) is 0 Å². The molecule has 1 N–H and O–H groups in total. The third-order valence-electron chi connectivity index (χ3n) is 3.66. The number of hydrogen-bond acceptors (Lipinski definition) is 5. The Morgan fingerprint density at radius 3 is 2.71 bits per heavy atom. The molecule has 7 nitrogen and oxygen atoms in total. The van der Waals surface area contributed by atoms with Gasteiger partial charge in [0.1, 0.15) is 24.4 Å². The van der Waals surface area contributed by atoms with Crippen molar-refractivity contribution >= 4 is 0 Å². The molecule has 1 aromatic carbocycles. The van der Waals surface area contributed by atoms with E-state index in [1.54, 1.807) is 0 Å². The molecule has 0 bridgehead atoms. The van der Waals surface area contributed by atoms with E-state index in [0.29, 0.717) is 0 Å². The van der Waals surface area contributed by atoms with E-state index < -0.39 is 37.3 Å². The van der Waals surface area contributed by atoms with Gasteiger partial charge in [-0.05, 0) is 11.1 Å². The van der Waals surface area contributed by atoms with Crippen molar-refractivity contribution in [2.24, 2.45) is 5.11 Å². The smallest absolute Gasteiger partial charge is 0.210 e. The van der Waals surface area contributed by atoms with Gasteiger partial charge in [0.25, 0.3) is 0 Å². The highest BCUT2D eigenvalue weighted by Crippen LogP contribution is 2.29. The van der Waals surface area contributed by atoms with Crippen LogP contribution in [0.25, 0.3) is 10.4 Å². The summed E-state index contributed by atoms with van der Waals surface area (Å²) in [4.78, 5) is 2.67. The molecule has 1 heterocycles. The van der Waals surface area contributed by atoms with Gasteiger partial charge in [0.05, 0.1) is 19.8 Å². The predicted molar refractivity (Wildman–Crippen MR) is 84.7 cm³/mol. The highest BCUT2D eigenvalue weighted by Gasteiger charge is 2.47. The van der Waals surface area contributed by atoms with Crippen molar-refractivity contribution in [1.29, 1.82) is 0 Å². The number of halogens is 1. The van der Waals surface area contributed by atoms with Crippen molar-refractivity contribution in [3.05, 3.63) is 59.0 Å². The Kier molecular flexibility index (Phi) is 7.17. The van der Waals surface area contributed by atoms with Crippen LogP contribution in [0.1, 0.15) is 5.56 Å². The molecule has 0 unspecified atom stereocenters. The van der Waals surface area contributed by atoms with Gasteiger partial charge in [0.2, 0.25) is 6.36 Å². The lowest BCUT2D eigenvalue weighted by atomic mass is 9.97. The van der Waals surface area contributed by atoms with Gasteiger partial charge in [-0.2, -0.15) is 0 Å². The first kappa shape index (κ1) is 18.4. The fraction of sp³-hybridized carbons (Fsp3) is 0.500. The number of rotatable bonds is 8. The zero-order valence-electron chi connectivity index (χ0n) is 13.1. The number of alkyl halides is 1. The van der Waals surface area contributed by atoms with Crippen LogP contribution in [0, 0.1) is 0 Å². The molecule has 1 saturated heterocycles. The van der Waals surface area contributed by atoms with E-state index in [4.69, 9.17) is 19.7 Å². The van der Waals surface area contributed by atoms with Gasteiger partial charge in [-0.3, -0.25) is 0 Å². The summed E-state index contributed by atoms with van der Waals surface area (Å²) in [5.41, 5.74) is 9.58. The van der Waals surface area contributed by atoms with Crippen LogP contribution in [-0.4, -0.2) is 49.0 Å². The van der Waals surface area contributed by atoms with Crippen LogP contribution >= 0.6 is 0 Å². The second-order valence-electron chi connectivity index (χ2n) is 5.25. The van der Waals surface area contributed by atoms with Gasteiger partial charge in [0, 0.05) is 4.91 Å². The monoisotopic (exact) mass is 337 g/mol. The van der Waals surface area contributed by atoms with Crippen LogP contribution in [-0.2, 0) is 20.8 Å². The van der Waals surface area contributed by atoms with Crippen molar-refractivity contribution in [2.75, 3.05) is 13.2 Å².